The zero-order valence-electron chi connectivity index (χ0n) is 11.4. The van der Waals surface area contributed by atoms with Crippen molar-refractivity contribution >= 4 is 0 Å². The summed E-state index contributed by atoms with van der Waals surface area (Å²) >= 11 is 0. The van der Waals surface area contributed by atoms with E-state index >= 15 is 0 Å². The first-order valence-corrected chi connectivity index (χ1v) is 6.87. The molecule has 0 aromatic heterocycles. The fourth-order valence-electron chi connectivity index (χ4n) is 3.00. The average Bonchev–Trinajstić information content (AvgIpc) is 2.75. The second kappa shape index (κ2) is 4.90. The fraction of sp³-hybridized carbons (Fsp3) is 0.600. The summed E-state index contributed by atoms with van der Waals surface area (Å²) in [5.74, 6) is 1.13. The smallest absolute Gasteiger partial charge is 0.123 e. The van der Waals surface area contributed by atoms with Crippen molar-refractivity contribution in [2.45, 2.75) is 25.5 Å². The van der Waals surface area contributed by atoms with Gasteiger partial charge in [-0.05, 0) is 44.1 Å². The van der Waals surface area contributed by atoms with Gasteiger partial charge in [0, 0.05) is 26.2 Å². The van der Waals surface area contributed by atoms with Crippen LogP contribution in [0.1, 0.15) is 17.5 Å². The van der Waals surface area contributed by atoms with Crippen LogP contribution < -0.4 is 4.74 Å². The van der Waals surface area contributed by atoms with Crippen LogP contribution in [0.3, 0.4) is 0 Å². The average molecular weight is 246 g/mol. The number of hydrogen-bond acceptors (Lipinski definition) is 3. The van der Waals surface area contributed by atoms with E-state index in [4.69, 9.17) is 4.74 Å². The molecule has 18 heavy (non-hydrogen) atoms. The van der Waals surface area contributed by atoms with Gasteiger partial charge in [0.2, 0.25) is 0 Å². The summed E-state index contributed by atoms with van der Waals surface area (Å²) in [5.41, 5.74) is 2.87. The molecule has 1 fully saturated rings. The third-order valence-corrected chi connectivity index (χ3v) is 4.06. The Hall–Kier alpha value is -1.06. The normalized spacial score (nSPS) is 25.1. The SMILES string of the molecule is CN1CCc2c(cccc2O[C@@H]2CCN(C)C2)C1. The Balaban J connectivity index is 1.78. The number of ether oxygens (including phenoxy) is 1. The van der Waals surface area contributed by atoms with Crippen LogP contribution in [0.2, 0.25) is 0 Å². The molecule has 1 saturated heterocycles. The predicted octanol–water partition coefficient (Wildman–Crippen LogP) is 1.76. The first-order valence-electron chi connectivity index (χ1n) is 6.87. The lowest BCUT2D eigenvalue weighted by Crippen LogP contribution is -2.28. The second-order valence-electron chi connectivity index (χ2n) is 5.67. The van der Waals surface area contributed by atoms with Crippen LogP contribution in [0, 0.1) is 0 Å². The third kappa shape index (κ3) is 2.38. The van der Waals surface area contributed by atoms with Crippen LogP contribution in [0.15, 0.2) is 18.2 Å². The van der Waals surface area contributed by atoms with Gasteiger partial charge in [-0.15, -0.1) is 0 Å². The van der Waals surface area contributed by atoms with Crippen molar-refractivity contribution in [1.82, 2.24) is 9.80 Å². The van der Waals surface area contributed by atoms with Gasteiger partial charge in [0.25, 0.3) is 0 Å². The molecule has 0 unspecified atom stereocenters. The first-order chi connectivity index (χ1) is 8.72. The molecule has 0 amide bonds. The molecule has 0 saturated carbocycles. The van der Waals surface area contributed by atoms with Gasteiger partial charge in [-0.2, -0.15) is 0 Å². The maximum absolute atomic E-state index is 6.22. The molecule has 1 aromatic carbocycles. The molecule has 0 aliphatic carbocycles. The predicted molar refractivity (Wildman–Crippen MR) is 73.0 cm³/mol. The van der Waals surface area contributed by atoms with Gasteiger partial charge >= 0.3 is 0 Å². The number of hydrogen-bond donors (Lipinski definition) is 0. The van der Waals surface area contributed by atoms with E-state index in [2.05, 4.69) is 42.1 Å². The van der Waals surface area contributed by atoms with E-state index in [-0.39, 0.29) is 0 Å². The lowest BCUT2D eigenvalue weighted by atomic mass is 9.99. The van der Waals surface area contributed by atoms with Crippen LogP contribution in [0.4, 0.5) is 0 Å². The van der Waals surface area contributed by atoms with E-state index in [0.717, 1.165) is 44.8 Å². The summed E-state index contributed by atoms with van der Waals surface area (Å²) < 4.78 is 6.22. The number of likely N-dealkylation sites (tertiary alicyclic amines) is 1. The molecule has 3 nitrogen and oxygen atoms in total. The third-order valence-electron chi connectivity index (χ3n) is 4.06. The number of likely N-dealkylation sites (N-methyl/N-ethyl adjacent to an activating group) is 2. The number of rotatable bonds is 2. The summed E-state index contributed by atoms with van der Waals surface area (Å²) in [6.07, 6.45) is 2.64. The van der Waals surface area contributed by atoms with Gasteiger partial charge < -0.3 is 14.5 Å². The first kappa shape index (κ1) is 12.0. The molecular weight excluding hydrogens is 224 g/mol. The summed E-state index contributed by atoms with van der Waals surface area (Å²) in [5, 5.41) is 0. The van der Waals surface area contributed by atoms with Crippen molar-refractivity contribution in [2.75, 3.05) is 33.7 Å². The van der Waals surface area contributed by atoms with Crippen molar-refractivity contribution in [2.24, 2.45) is 0 Å². The Kier molecular flexibility index (Phi) is 3.27. The zero-order valence-corrected chi connectivity index (χ0v) is 11.4. The van der Waals surface area contributed by atoms with Gasteiger partial charge in [0.05, 0.1) is 0 Å². The van der Waals surface area contributed by atoms with E-state index in [1.54, 1.807) is 0 Å². The molecule has 3 rings (SSSR count). The summed E-state index contributed by atoms with van der Waals surface area (Å²) in [6, 6.07) is 6.51. The topological polar surface area (TPSA) is 15.7 Å². The van der Waals surface area contributed by atoms with Gasteiger partial charge in [-0.3, -0.25) is 0 Å². The molecule has 0 radical (unpaired) electrons. The Morgan fingerprint density at radius 2 is 2.06 bits per heavy atom. The van der Waals surface area contributed by atoms with Gasteiger partial charge in [0.1, 0.15) is 11.9 Å². The van der Waals surface area contributed by atoms with Crippen molar-refractivity contribution in [3.8, 4) is 5.75 Å². The number of nitrogens with zero attached hydrogens (tertiary/aromatic N) is 2. The van der Waals surface area contributed by atoms with Gasteiger partial charge in [0.15, 0.2) is 0 Å². The maximum atomic E-state index is 6.22. The van der Waals surface area contributed by atoms with E-state index < -0.39 is 0 Å². The molecule has 1 aromatic rings. The monoisotopic (exact) mass is 246 g/mol. The van der Waals surface area contributed by atoms with Crippen molar-refractivity contribution in [3.63, 3.8) is 0 Å². The molecule has 3 heteroatoms. The Morgan fingerprint density at radius 3 is 2.83 bits per heavy atom. The Labute approximate surface area is 109 Å². The minimum absolute atomic E-state index is 0.376. The van der Waals surface area contributed by atoms with Crippen LogP contribution in [-0.2, 0) is 13.0 Å². The fourth-order valence-corrected chi connectivity index (χ4v) is 3.00. The number of fused-ring (bicyclic) bond motifs is 1. The minimum Gasteiger partial charge on any atom is -0.489 e. The lowest BCUT2D eigenvalue weighted by Gasteiger charge is -2.27. The highest BCUT2D eigenvalue weighted by atomic mass is 16.5. The standard InChI is InChI=1S/C15H22N2O/c1-16-9-7-14-12(10-16)4-3-5-15(14)18-13-6-8-17(2)11-13/h3-5,13H,6-11H2,1-2H3/t13-/m1/s1. The number of benzene rings is 1. The summed E-state index contributed by atoms with van der Waals surface area (Å²) in [6.45, 7) is 4.40. The summed E-state index contributed by atoms with van der Waals surface area (Å²) in [7, 11) is 4.35. The van der Waals surface area contributed by atoms with Crippen molar-refractivity contribution in [3.05, 3.63) is 29.3 Å². The quantitative estimate of drug-likeness (QED) is 0.791. The highest BCUT2D eigenvalue weighted by Crippen LogP contribution is 2.29. The Morgan fingerprint density at radius 1 is 1.17 bits per heavy atom. The van der Waals surface area contributed by atoms with Gasteiger partial charge in [-0.1, -0.05) is 12.1 Å². The second-order valence-corrected chi connectivity index (χ2v) is 5.67. The van der Waals surface area contributed by atoms with E-state index in [1.807, 2.05) is 0 Å². The molecule has 2 heterocycles. The highest BCUT2D eigenvalue weighted by molar-refractivity contribution is 5.41. The van der Waals surface area contributed by atoms with E-state index in [1.165, 1.54) is 11.1 Å². The molecule has 0 bridgehead atoms. The highest BCUT2D eigenvalue weighted by Gasteiger charge is 2.23. The van der Waals surface area contributed by atoms with E-state index in [9.17, 15) is 0 Å². The zero-order chi connectivity index (χ0) is 12.5. The molecule has 98 valence electrons. The van der Waals surface area contributed by atoms with E-state index in [0.29, 0.717) is 6.10 Å². The van der Waals surface area contributed by atoms with Crippen molar-refractivity contribution in [1.29, 1.82) is 0 Å². The maximum Gasteiger partial charge on any atom is 0.123 e. The van der Waals surface area contributed by atoms with Crippen LogP contribution in [0.25, 0.3) is 0 Å². The molecule has 0 N–H and O–H groups in total. The van der Waals surface area contributed by atoms with Crippen LogP contribution in [0.5, 0.6) is 5.75 Å². The largest absolute Gasteiger partial charge is 0.489 e. The molecule has 0 spiro atoms. The molecule has 2 aliphatic rings. The van der Waals surface area contributed by atoms with Crippen LogP contribution >= 0.6 is 0 Å². The summed E-state index contributed by atoms with van der Waals surface area (Å²) in [4.78, 5) is 4.71. The Bertz CT molecular complexity index is 433. The molecule has 2 aliphatic heterocycles. The molecular formula is C15H22N2O. The van der Waals surface area contributed by atoms with Gasteiger partial charge in [-0.25, -0.2) is 0 Å². The minimum atomic E-state index is 0.376. The van der Waals surface area contributed by atoms with Crippen molar-refractivity contribution < 1.29 is 4.74 Å². The van der Waals surface area contributed by atoms with Crippen LogP contribution in [-0.4, -0.2) is 49.6 Å². The lowest BCUT2D eigenvalue weighted by molar-refractivity contribution is 0.203. The molecule has 1 atom stereocenters.